The molecule has 1 aromatic heterocycles. The number of benzene rings is 1. The van der Waals surface area contributed by atoms with Crippen molar-refractivity contribution in [1.82, 2.24) is 0 Å². The molecule has 0 saturated heterocycles. The van der Waals surface area contributed by atoms with Crippen molar-refractivity contribution in [2.75, 3.05) is 0 Å². The molecule has 0 N–H and O–H groups in total. The molecule has 17 heavy (non-hydrogen) atoms. The third-order valence-electron chi connectivity index (χ3n) is 2.15. The maximum absolute atomic E-state index is 6.38. The average molecular weight is 391 g/mol. The van der Waals surface area contributed by atoms with Gasteiger partial charge in [0.1, 0.15) is 0 Å². The first-order valence-corrected chi connectivity index (χ1v) is 7.70. The molecular formula is C11H5BrCl4S. The topological polar surface area (TPSA) is 0 Å². The summed E-state index contributed by atoms with van der Waals surface area (Å²) in [4.78, 5) is 0.938. The maximum atomic E-state index is 6.38. The van der Waals surface area contributed by atoms with E-state index in [-0.39, 0.29) is 5.38 Å². The van der Waals surface area contributed by atoms with E-state index in [0.29, 0.717) is 15.1 Å². The van der Waals surface area contributed by atoms with Gasteiger partial charge in [-0.25, -0.2) is 0 Å². The van der Waals surface area contributed by atoms with Crippen LogP contribution in [0.3, 0.4) is 0 Å². The molecule has 2 rings (SSSR count). The summed E-state index contributed by atoms with van der Waals surface area (Å²) in [5, 5.41) is 1.47. The number of halogens is 5. The maximum Gasteiger partial charge on any atom is 0.0943 e. The summed E-state index contributed by atoms with van der Waals surface area (Å²) >= 11 is 29.2. The Morgan fingerprint density at radius 1 is 1.06 bits per heavy atom. The van der Waals surface area contributed by atoms with Crippen molar-refractivity contribution in [2.24, 2.45) is 0 Å². The van der Waals surface area contributed by atoms with Gasteiger partial charge >= 0.3 is 0 Å². The Bertz CT molecular complexity index is 533. The monoisotopic (exact) mass is 388 g/mol. The van der Waals surface area contributed by atoms with Crippen LogP contribution in [0.2, 0.25) is 15.1 Å². The van der Waals surface area contributed by atoms with Crippen LogP contribution in [0, 0.1) is 0 Å². The Balaban J connectivity index is 2.39. The molecule has 90 valence electrons. The minimum atomic E-state index is -0.325. The summed E-state index contributed by atoms with van der Waals surface area (Å²) in [7, 11) is 0. The lowest BCUT2D eigenvalue weighted by Gasteiger charge is -2.09. The van der Waals surface area contributed by atoms with Crippen molar-refractivity contribution >= 4 is 73.7 Å². The molecule has 0 fully saturated rings. The van der Waals surface area contributed by atoms with Crippen LogP contribution >= 0.6 is 73.7 Å². The minimum Gasteiger partial charge on any atom is -0.130 e. The van der Waals surface area contributed by atoms with E-state index >= 15 is 0 Å². The molecule has 1 unspecified atom stereocenters. The zero-order chi connectivity index (χ0) is 12.6. The second kappa shape index (κ2) is 5.68. The number of rotatable bonds is 2. The number of hydrogen-bond donors (Lipinski definition) is 0. The minimum absolute atomic E-state index is 0.325. The van der Waals surface area contributed by atoms with Gasteiger partial charge in [0.05, 0.1) is 14.2 Å². The molecule has 0 amide bonds. The SMILES string of the molecule is Clc1ccc(C(Cl)c2cc(Cl)c(Br)s2)c(Cl)c1. The van der Waals surface area contributed by atoms with Gasteiger partial charge in [-0.2, -0.15) is 0 Å². The van der Waals surface area contributed by atoms with Crippen LogP contribution < -0.4 is 0 Å². The summed E-state index contributed by atoms with van der Waals surface area (Å²) in [5.41, 5.74) is 0.822. The van der Waals surface area contributed by atoms with Crippen LogP contribution in [0.25, 0.3) is 0 Å². The third-order valence-corrected chi connectivity index (χ3v) is 5.85. The van der Waals surface area contributed by atoms with Gasteiger partial charge in [-0.05, 0) is 39.7 Å². The van der Waals surface area contributed by atoms with E-state index in [1.165, 1.54) is 11.3 Å². The molecule has 1 aromatic carbocycles. The molecule has 0 bridgehead atoms. The Hall–Kier alpha value is 0.560. The molecule has 0 aliphatic rings. The van der Waals surface area contributed by atoms with Gasteiger partial charge < -0.3 is 0 Å². The lowest BCUT2D eigenvalue weighted by molar-refractivity contribution is 1.18. The van der Waals surface area contributed by atoms with Gasteiger partial charge in [-0.15, -0.1) is 22.9 Å². The number of alkyl halides is 1. The van der Waals surface area contributed by atoms with Crippen molar-refractivity contribution in [3.8, 4) is 0 Å². The highest BCUT2D eigenvalue weighted by molar-refractivity contribution is 9.11. The second-order valence-electron chi connectivity index (χ2n) is 3.30. The molecule has 2 aromatic rings. The highest BCUT2D eigenvalue weighted by atomic mass is 79.9. The van der Waals surface area contributed by atoms with E-state index in [9.17, 15) is 0 Å². The van der Waals surface area contributed by atoms with Gasteiger partial charge in [0.25, 0.3) is 0 Å². The standard InChI is InChI=1S/C11H5BrCl4S/c12-11-8(15)4-9(17-11)10(16)6-2-1-5(13)3-7(6)14/h1-4,10H. The fourth-order valence-electron chi connectivity index (χ4n) is 1.35. The van der Waals surface area contributed by atoms with Crippen molar-refractivity contribution in [3.63, 3.8) is 0 Å². The highest BCUT2D eigenvalue weighted by Crippen LogP contribution is 2.42. The predicted octanol–water partition coefficient (Wildman–Crippen LogP) is 6.80. The molecule has 0 saturated carbocycles. The van der Waals surface area contributed by atoms with Crippen LogP contribution in [-0.2, 0) is 0 Å². The van der Waals surface area contributed by atoms with E-state index in [1.54, 1.807) is 12.1 Å². The molecular weight excluding hydrogens is 386 g/mol. The zero-order valence-corrected chi connectivity index (χ0v) is 13.6. The van der Waals surface area contributed by atoms with Crippen LogP contribution in [0.15, 0.2) is 28.1 Å². The first-order valence-electron chi connectivity index (χ1n) is 4.53. The van der Waals surface area contributed by atoms with E-state index < -0.39 is 0 Å². The highest BCUT2D eigenvalue weighted by Gasteiger charge is 2.18. The first kappa shape index (κ1) is 14.0. The van der Waals surface area contributed by atoms with Gasteiger partial charge in [0.15, 0.2) is 0 Å². The first-order chi connectivity index (χ1) is 7.99. The molecule has 0 nitrogen and oxygen atoms in total. The smallest absolute Gasteiger partial charge is 0.0943 e. The van der Waals surface area contributed by atoms with Crippen molar-refractivity contribution in [2.45, 2.75) is 5.38 Å². The van der Waals surface area contributed by atoms with Gasteiger partial charge in [-0.3, -0.25) is 0 Å². The molecule has 1 heterocycles. The summed E-state index contributed by atoms with van der Waals surface area (Å²) in [6, 6.07) is 7.10. The Morgan fingerprint density at radius 3 is 2.29 bits per heavy atom. The number of hydrogen-bond acceptors (Lipinski definition) is 1. The lowest BCUT2D eigenvalue weighted by atomic mass is 10.1. The molecule has 6 heteroatoms. The van der Waals surface area contributed by atoms with Crippen LogP contribution in [-0.4, -0.2) is 0 Å². The molecule has 0 spiro atoms. The van der Waals surface area contributed by atoms with Crippen LogP contribution in [0.1, 0.15) is 15.8 Å². The molecule has 0 radical (unpaired) electrons. The van der Waals surface area contributed by atoms with Gasteiger partial charge in [-0.1, -0.05) is 40.9 Å². The van der Waals surface area contributed by atoms with Crippen molar-refractivity contribution in [1.29, 1.82) is 0 Å². The Labute approximate surface area is 132 Å². The molecule has 1 atom stereocenters. The fourth-order valence-corrected chi connectivity index (χ4v) is 4.05. The summed E-state index contributed by atoms with van der Waals surface area (Å²) in [6.45, 7) is 0. The zero-order valence-electron chi connectivity index (χ0n) is 8.18. The summed E-state index contributed by atoms with van der Waals surface area (Å²) in [6.07, 6.45) is 0. The average Bonchev–Trinajstić information content (AvgIpc) is 2.58. The van der Waals surface area contributed by atoms with Crippen LogP contribution in [0.4, 0.5) is 0 Å². The normalized spacial score (nSPS) is 12.8. The van der Waals surface area contributed by atoms with Crippen LogP contribution in [0.5, 0.6) is 0 Å². The van der Waals surface area contributed by atoms with E-state index in [2.05, 4.69) is 15.9 Å². The summed E-state index contributed by atoms with van der Waals surface area (Å²) < 4.78 is 0.866. The van der Waals surface area contributed by atoms with Crippen molar-refractivity contribution in [3.05, 3.63) is 53.6 Å². The lowest BCUT2D eigenvalue weighted by Crippen LogP contribution is -1.91. The molecule has 0 aliphatic carbocycles. The Morgan fingerprint density at radius 2 is 1.76 bits per heavy atom. The van der Waals surface area contributed by atoms with E-state index in [1.807, 2.05) is 12.1 Å². The Kier molecular flexibility index (Phi) is 4.67. The fraction of sp³-hybridized carbons (Fsp3) is 0.0909. The second-order valence-corrected chi connectivity index (χ2v) is 7.39. The number of thiophene rings is 1. The largest absolute Gasteiger partial charge is 0.130 e. The van der Waals surface area contributed by atoms with Gasteiger partial charge in [0, 0.05) is 14.9 Å². The van der Waals surface area contributed by atoms with Gasteiger partial charge in [0.2, 0.25) is 0 Å². The predicted molar refractivity (Wildman–Crippen MR) is 81.2 cm³/mol. The van der Waals surface area contributed by atoms with Crippen molar-refractivity contribution < 1.29 is 0 Å². The van der Waals surface area contributed by atoms with E-state index in [4.69, 9.17) is 46.4 Å². The molecule has 0 aliphatic heterocycles. The quantitative estimate of drug-likeness (QED) is 0.494. The van der Waals surface area contributed by atoms with E-state index in [0.717, 1.165) is 14.2 Å². The third kappa shape index (κ3) is 3.12. The summed E-state index contributed by atoms with van der Waals surface area (Å²) in [5.74, 6) is 0.